The van der Waals surface area contributed by atoms with Crippen molar-refractivity contribution in [2.24, 2.45) is 5.92 Å². The Labute approximate surface area is 246 Å². The molecule has 0 radical (unpaired) electrons. The molecule has 1 aromatic carbocycles. The Morgan fingerprint density at radius 1 is 1.29 bits per heavy atom. The monoisotopic (exact) mass is 600 g/mol. The van der Waals surface area contributed by atoms with Crippen LogP contribution in [0.15, 0.2) is 71.3 Å². The van der Waals surface area contributed by atoms with Crippen molar-refractivity contribution in [2.75, 3.05) is 25.1 Å². The number of hydrogen-bond donors (Lipinski definition) is 1. The fraction of sp³-hybridized carbons (Fsp3) is 0.516. The average molecular weight is 601 g/mol. The van der Waals surface area contributed by atoms with E-state index in [0.717, 1.165) is 37.2 Å². The summed E-state index contributed by atoms with van der Waals surface area (Å²) in [5, 5.41) is 3.33. The first-order valence-electron chi connectivity index (χ1n) is 13.8. The van der Waals surface area contributed by atoms with Crippen molar-refractivity contribution in [1.29, 1.82) is 0 Å². The summed E-state index contributed by atoms with van der Waals surface area (Å²) in [4.78, 5) is 17.3. The van der Waals surface area contributed by atoms with Gasteiger partial charge in [-0.15, -0.1) is 0 Å². The second-order valence-corrected chi connectivity index (χ2v) is 10.8. The number of alkyl halides is 3. The summed E-state index contributed by atoms with van der Waals surface area (Å²) in [6, 6.07) is 8.51. The summed E-state index contributed by atoms with van der Waals surface area (Å²) < 4.78 is 54.5. The molecule has 10 heteroatoms. The topological polar surface area (TPSA) is 50.8 Å². The van der Waals surface area contributed by atoms with Gasteiger partial charge < -0.3 is 15.0 Å². The molecule has 3 rings (SSSR count). The van der Waals surface area contributed by atoms with Crippen LogP contribution in [0, 0.1) is 5.92 Å². The van der Waals surface area contributed by atoms with Crippen molar-refractivity contribution < 1.29 is 32.2 Å². The fourth-order valence-electron chi connectivity index (χ4n) is 3.99. The zero-order valence-corrected chi connectivity index (χ0v) is 25.9. The minimum Gasteiger partial charge on any atom is -0.372 e. The summed E-state index contributed by atoms with van der Waals surface area (Å²) in [6.07, 6.45) is 4.33. The summed E-state index contributed by atoms with van der Waals surface area (Å²) in [7, 11) is 1.33. The molecule has 0 saturated heterocycles. The van der Waals surface area contributed by atoms with Gasteiger partial charge in [0.15, 0.2) is 5.60 Å². The Bertz CT molecular complexity index is 1080. The molecule has 2 aliphatic heterocycles. The average Bonchev–Trinajstić information content (AvgIpc) is 3.56. The number of para-hydroxylation sites is 1. The maximum Gasteiger partial charge on any atom is 0.394 e. The minimum absolute atomic E-state index is 0.0921. The zero-order chi connectivity index (χ0) is 31.2. The summed E-state index contributed by atoms with van der Waals surface area (Å²) in [5.74, 6) is -2.47. The second kappa shape index (κ2) is 17.3. The van der Waals surface area contributed by atoms with Crippen LogP contribution >= 0.6 is 11.8 Å². The molecule has 0 amide bonds. The van der Waals surface area contributed by atoms with E-state index in [1.54, 1.807) is 36.9 Å². The van der Waals surface area contributed by atoms with Crippen LogP contribution in [-0.2, 0) is 20.9 Å². The van der Waals surface area contributed by atoms with Crippen LogP contribution < -0.4 is 10.2 Å². The maximum atomic E-state index is 12.8. The molecule has 0 aromatic heterocycles. The van der Waals surface area contributed by atoms with Crippen molar-refractivity contribution in [3.63, 3.8) is 0 Å². The van der Waals surface area contributed by atoms with Crippen LogP contribution in [0.5, 0.6) is 0 Å². The number of hydrogen-bond acceptors (Lipinski definition) is 6. The first-order valence-corrected chi connectivity index (χ1v) is 14.7. The number of benzene rings is 1. The highest BCUT2D eigenvalue weighted by Gasteiger charge is 2.35. The molecule has 0 saturated carbocycles. The molecule has 3 atom stereocenters. The Balaban J connectivity index is 0.000000594. The number of ether oxygens (including phenoxy) is 1. The zero-order valence-electron chi connectivity index (χ0n) is 25.1. The molecule has 0 aliphatic carbocycles. The van der Waals surface area contributed by atoms with Crippen LogP contribution in [-0.4, -0.2) is 43.3 Å². The molecule has 2 aliphatic rings. The highest BCUT2D eigenvalue weighted by atomic mass is 32.2. The van der Waals surface area contributed by atoms with Crippen LogP contribution in [0.1, 0.15) is 59.9 Å². The van der Waals surface area contributed by atoms with E-state index in [9.17, 15) is 22.5 Å². The number of methoxy groups -OCH3 is 1. The molecule has 41 heavy (non-hydrogen) atoms. The molecule has 230 valence electrons. The largest absolute Gasteiger partial charge is 0.394 e. The summed E-state index contributed by atoms with van der Waals surface area (Å²) >= 11 is 1.68. The number of carbonyl (C=O) groups is 1. The van der Waals surface area contributed by atoms with E-state index in [1.807, 2.05) is 20.8 Å². The van der Waals surface area contributed by atoms with Gasteiger partial charge in [0.25, 0.3) is 0 Å². The molecular weight excluding hydrogens is 556 g/mol. The molecule has 0 spiro atoms. The molecule has 2 heterocycles. The van der Waals surface area contributed by atoms with Gasteiger partial charge in [-0.1, -0.05) is 88.5 Å². The number of rotatable bonds is 10. The lowest BCUT2D eigenvalue weighted by molar-refractivity contribution is -0.206. The summed E-state index contributed by atoms with van der Waals surface area (Å²) in [6.45, 7) is 16.1. The van der Waals surface area contributed by atoms with Crippen LogP contribution in [0.2, 0.25) is 0 Å². The van der Waals surface area contributed by atoms with Gasteiger partial charge in [0.05, 0.1) is 5.92 Å². The van der Waals surface area contributed by atoms with Crippen molar-refractivity contribution >= 4 is 23.4 Å². The number of anilines is 1. The van der Waals surface area contributed by atoms with Gasteiger partial charge in [0.1, 0.15) is 5.37 Å². The molecule has 1 N–H and O–H groups in total. The standard InChI is InChI=1S/C23H27F3N2S.C6H11FO3.C2H6/c1-4-7-19(11-10-16(2)23(24,25)26)22-27-17(3)21(29-22)13-15-28-14-12-18-8-5-6-9-20(18)28;1-4-6(2,9-3)5(8)10-7;1-2/h4-11,16,22,27H,1,12-15H2,2-3H3;4H2,1-3H3;1-2H3/b11-10-,19-7+;;. The predicted molar refractivity (Wildman–Crippen MR) is 161 cm³/mol. The second-order valence-electron chi connectivity index (χ2n) is 9.55. The number of nitrogens with zero attached hydrogens (tertiary/aromatic N) is 1. The van der Waals surface area contributed by atoms with Gasteiger partial charge in [0.2, 0.25) is 0 Å². The maximum absolute atomic E-state index is 12.8. The van der Waals surface area contributed by atoms with E-state index in [1.165, 1.54) is 43.2 Å². The quantitative estimate of drug-likeness (QED) is 0.215. The summed E-state index contributed by atoms with van der Waals surface area (Å²) in [5.41, 5.74) is 3.46. The van der Waals surface area contributed by atoms with E-state index in [-0.39, 0.29) is 5.37 Å². The lowest BCUT2D eigenvalue weighted by Crippen LogP contribution is -2.36. The minimum atomic E-state index is -4.22. The predicted octanol–water partition coefficient (Wildman–Crippen LogP) is 8.46. The normalized spacial score (nSPS) is 18.9. The molecule has 0 bridgehead atoms. The fourth-order valence-corrected chi connectivity index (χ4v) is 5.25. The van der Waals surface area contributed by atoms with Gasteiger partial charge in [-0.25, -0.2) is 4.79 Å². The Morgan fingerprint density at radius 2 is 1.95 bits per heavy atom. The third-order valence-corrected chi connectivity index (χ3v) is 8.37. The van der Waals surface area contributed by atoms with E-state index in [4.69, 9.17) is 4.74 Å². The van der Waals surface area contributed by atoms with Crippen molar-refractivity contribution in [2.45, 2.75) is 78.0 Å². The first kappa shape index (κ1) is 36.3. The van der Waals surface area contributed by atoms with Crippen LogP contribution in [0.4, 0.5) is 23.4 Å². The van der Waals surface area contributed by atoms with Crippen molar-refractivity contribution in [1.82, 2.24) is 5.32 Å². The Morgan fingerprint density at radius 3 is 2.49 bits per heavy atom. The van der Waals surface area contributed by atoms with Gasteiger partial charge in [0, 0.05) is 41.0 Å². The number of allylic oxidation sites excluding steroid dienone is 4. The number of nitrogens with one attached hydrogen (secondary N) is 1. The van der Waals surface area contributed by atoms with Crippen molar-refractivity contribution in [3.05, 3.63) is 76.9 Å². The van der Waals surface area contributed by atoms with Crippen LogP contribution in [0.25, 0.3) is 0 Å². The van der Waals surface area contributed by atoms with Gasteiger partial charge in [-0.05, 0) is 50.3 Å². The van der Waals surface area contributed by atoms with Gasteiger partial charge in [-0.3, -0.25) is 4.94 Å². The number of halogens is 4. The van der Waals surface area contributed by atoms with Crippen LogP contribution in [0.3, 0.4) is 0 Å². The smallest absolute Gasteiger partial charge is 0.372 e. The SMILES string of the molecule is C=C/C=C(\C=C/C(C)C(F)(F)F)C1NC(C)=C(CCN2CCc3ccccc32)S1.CC.CCC(C)(OC)C(=O)OF. The first-order chi connectivity index (χ1) is 19.4. The van der Waals surface area contributed by atoms with E-state index in [0.29, 0.717) is 6.42 Å². The number of fused-ring (bicyclic) bond motifs is 1. The lowest BCUT2D eigenvalue weighted by Gasteiger charge is -2.20. The highest BCUT2D eigenvalue weighted by Crippen LogP contribution is 2.38. The van der Waals surface area contributed by atoms with E-state index >= 15 is 0 Å². The molecule has 3 unspecified atom stereocenters. The highest BCUT2D eigenvalue weighted by molar-refractivity contribution is 8.04. The van der Waals surface area contributed by atoms with Crippen molar-refractivity contribution in [3.8, 4) is 0 Å². The molecule has 5 nitrogen and oxygen atoms in total. The lowest BCUT2D eigenvalue weighted by atomic mass is 10.0. The third kappa shape index (κ3) is 10.6. The van der Waals surface area contributed by atoms with E-state index in [2.05, 4.69) is 46.0 Å². The molecule has 0 fully saturated rings. The molecule has 1 aromatic rings. The van der Waals surface area contributed by atoms with E-state index < -0.39 is 23.7 Å². The Hall–Kier alpha value is -2.72. The Kier molecular flexibility index (Phi) is 15.3. The molecular formula is C31H44F4N2O3S. The number of carbonyl (C=O) groups excluding carboxylic acids is 1. The van der Waals surface area contributed by atoms with Gasteiger partial charge in [-0.2, -0.15) is 13.2 Å². The third-order valence-electron chi connectivity index (χ3n) is 6.95. The number of thioether (sulfide) groups is 1. The van der Waals surface area contributed by atoms with Gasteiger partial charge >= 0.3 is 12.1 Å².